The first-order chi connectivity index (χ1) is 6.47. The normalized spacial score (nSPS) is 11.9. The van der Waals surface area contributed by atoms with Crippen molar-refractivity contribution in [3.8, 4) is 0 Å². The number of nitrogens with zero attached hydrogens (tertiary/aromatic N) is 1. The summed E-state index contributed by atoms with van der Waals surface area (Å²) in [5.41, 5.74) is 6.21. The van der Waals surface area contributed by atoms with Crippen LogP contribution >= 0.6 is 0 Å². The molecule has 0 aromatic rings. The van der Waals surface area contributed by atoms with E-state index in [9.17, 15) is 4.79 Å². The lowest BCUT2D eigenvalue weighted by Gasteiger charge is -2.15. The summed E-state index contributed by atoms with van der Waals surface area (Å²) in [5.74, 6) is 5.67. The minimum Gasteiger partial charge on any atom is -0.400 e. The molecule has 0 aliphatic heterocycles. The van der Waals surface area contributed by atoms with E-state index in [4.69, 9.17) is 11.6 Å². The highest BCUT2D eigenvalue weighted by Crippen LogP contribution is 1.96. The fourth-order valence-corrected chi connectivity index (χ4v) is 0.871. The minimum atomic E-state index is -0.0000235. The molecule has 0 fully saturated rings. The Balaban J connectivity index is 4.02. The maximum absolute atomic E-state index is 11.3. The zero-order valence-corrected chi connectivity index (χ0v) is 9.08. The fraction of sp³-hybridized carbons (Fsp3) is 0.667. The molecule has 0 saturated carbocycles. The van der Waals surface area contributed by atoms with Gasteiger partial charge in [-0.2, -0.15) is 0 Å². The molecule has 0 bridgehead atoms. The molecule has 5 heteroatoms. The van der Waals surface area contributed by atoms with E-state index >= 15 is 0 Å². The highest BCUT2D eigenvalue weighted by atomic mass is 16.1. The summed E-state index contributed by atoms with van der Waals surface area (Å²) in [6, 6.07) is 0. The van der Waals surface area contributed by atoms with Gasteiger partial charge in [0.05, 0.1) is 6.54 Å². The number of carbonyl (C=O) groups excluding carboxylic acids is 1. The van der Waals surface area contributed by atoms with Gasteiger partial charge in [-0.3, -0.25) is 4.79 Å². The second-order valence-corrected chi connectivity index (χ2v) is 3.53. The molecule has 0 heterocycles. The van der Waals surface area contributed by atoms with Gasteiger partial charge in [0, 0.05) is 24.4 Å². The topological polar surface area (TPSA) is 84.4 Å². The second-order valence-electron chi connectivity index (χ2n) is 3.53. The molecular weight excluding hydrogens is 180 g/mol. The molecule has 5 nitrogen and oxygen atoms in total. The van der Waals surface area contributed by atoms with Crippen molar-refractivity contribution in [2.75, 3.05) is 20.1 Å². The monoisotopic (exact) mass is 200 g/mol. The van der Waals surface area contributed by atoms with Gasteiger partial charge in [0.25, 0.3) is 0 Å². The molecule has 0 amide bonds. The highest BCUT2D eigenvalue weighted by molar-refractivity contribution is 5.82. The van der Waals surface area contributed by atoms with Crippen LogP contribution in [0, 0.1) is 5.92 Å². The zero-order chi connectivity index (χ0) is 11.1. The van der Waals surface area contributed by atoms with Gasteiger partial charge in [-0.25, -0.2) is 5.84 Å². The summed E-state index contributed by atoms with van der Waals surface area (Å²) in [6.07, 6.45) is 1.57. The van der Waals surface area contributed by atoms with Crippen molar-refractivity contribution >= 4 is 5.78 Å². The summed E-state index contributed by atoms with van der Waals surface area (Å²) in [5, 5.41) is 4.20. The Labute approximate surface area is 85.1 Å². The number of hydrogen-bond acceptors (Lipinski definition) is 5. The summed E-state index contributed by atoms with van der Waals surface area (Å²) in [6.45, 7) is 4.44. The van der Waals surface area contributed by atoms with Gasteiger partial charge in [0.2, 0.25) is 0 Å². The quantitative estimate of drug-likeness (QED) is 0.394. The van der Waals surface area contributed by atoms with Crippen LogP contribution in [-0.2, 0) is 4.79 Å². The molecule has 0 rings (SSSR count). The lowest BCUT2D eigenvalue weighted by molar-refractivity contribution is -0.122. The largest absolute Gasteiger partial charge is 0.400 e. The van der Waals surface area contributed by atoms with Crippen LogP contribution in [0.2, 0.25) is 0 Å². The fourth-order valence-electron chi connectivity index (χ4n) is 0.871. The SMILES string of the molecule is CNC/C(N)=C/N(N)CC(=O)C(C)C. The van der Waals surface area contributed by atoms with Gasteiger partial charge >= 0.3 is 0 Å². The maximum Gasteiger partial charge on any atom is 0.156 e. The molecule has 0 saturated heterocycles. The van der Waals surface area contributed by atoms with Gasteiger partial charge < -0.3 is 16.1 Å². The third kappa shape index (κ3) is 5.55. The molecule has 0 aliphatic rings. The van der Waals surface area contributed by atoms with Crippen molar-refractivity contribution < 1.29 is 4.79 Å². The Morgan fingerprint density at radius 1 is 1.57 bits per heavy atom. The third-order valence-electron chi connectivity index (χ3n) is 1.69. The minimum absolute atomic E-state index is 0.0000235. The lowest BCUT2D eigenvalue weighted by Crippen LogP contribution is -2.34. The van der Waals surface area contributed by atoms with E-state index in [1.54, 1.807) is 13.2 Å². The lowest BCUT2D eigenvalue weighted by atomic mass is 10.1. The first-order valence-corrected chi connectivity index (χ1v) is 4.62. The smallest absolute Gasteiger partial charge is 0.156 e. The predicted octanol–water partition coefficient (Wildman–Crippen LogP) is -0.593. The standard InChI is InChI=1S/C9H20N4O/c1-7(2)9(14)6-13(11)5-8(10)4-12-3/h5,7,12H,4,6,10-11H2,1-3H3/b8-5-. The number of carbonyl (C=O) groups is 1. The van der Waals surface area contributed by atoms with E-state index in [1.165, 1.54) is 5.01 Å². The first kappa shape index (κ1) is 12.9. The average Bonchev–Trinajstić information content (AvgIpc) is 2.03. The van der Waals surface area contributed by atoms with Crippen LogP contribution in [0.1, 0.15) is 13.8 Å². The zero-order valence-electron chi connectivity index (χ0n) is 9.08. The van der Waals surface area contributed by atoms with Crippen LogP contribution in [-0.4, -0.2) is 30.9 Å². The van der Waals surface area contributed by atoms with Crippen molar-refractivity contribution in [1.82, 2.24) is 10.3 Å². The molecule has 0 aliphatic carbocycles. The summed E-state index contributed by atoms with van der Waals surface area (Å²) < 4.78 is 0. The van der Waals surface area contributed by atoms with Gasteiger partial charge in [0.15, 0.2) is 5.78 Å². The van der Waals surface area contributed by atoms with Crippen molar-refractivity contribution in [3.63, 3.8) is 0 Å². The van der Waals surface area contributed by atoms with Crippen LogP contribution in [0.5, 0.6) is 0 Å². The number of likely N-dealkylation sites (N-methyl/N-ethyl adjacent to an activating group) is 1. The summed E-state index contributed by atoms with van der Waals surface area (Å²) in [4.78, 5) is 11.3. The van der Waals surface area contributed by atoms with Crippen molar-refractivity contribution in [1.29, 1.82) is 0 Å². The molecule has 14 heavy (non-hydrogen) atoms. The Bertz CT molecular complexity index is 213. The van der Waals surface area contributed by atoms with Crippen LogP contribution in [0.15, 0.2) is 11.9 Å². The van der Waals surface area contributed by atoms with E-state index in [2.05, 4.69) is 5.32 Å². The second kappa shape index (κ2) is 6.39. The van der Waals surface area contributed by atoms with E-state index in [-0.39, 0.29) is 18.2 Å². The Hall–Kier alpha value is -1.07. The van der Waals surface area contributed by atoms with E-state index in [1.807, 2.05) is 13.8 Å². The van der Waals surface area contributed by atoms with Gasteiger partial charge in [0.1, 0.15) is 0 Å². The number of hydrazine groups is 1. The summed E-state index contributed by atoms with van der Waals surface area (Å²) >= 11 is 0. The van der Waals surface area contributed by atoms with Crippen LogP contribution in [0.25, 0.3) is 0 Å². The molecular formula is C9H20N4O. The Kier molecular flexibility index (Phi) is 5.91. The number of hydrogen-bond donors (Lipinski definition) is 3. The molecule has 82 valence electrons. The van der Waals surface area contributed by atoms with Crippen LogP contribution in [0.3, 0.4) is 0 Å². The number of ketones is 1. The Morgan fingerprint density at radius 3 is 2.57 bits per heavy atom. The average molecular weight is 200 g/mol. The number of rotatable bonds is 6. The maximum atomic E-state index is 11.3. The molecule has 0 aromatic carbocycles. The molecule has 5 N–H and O–H groups in total. The van der Waals surface area contributed by atoms with Crippen LogP contribution < -0.4 is 16.9 Å². The molecule has 0 atom stereocenters. The highest BCUT2D eigenvalue weighted by Gasteiger charge is 2.08. The first-order valence-electron chi connectivity index (χ1n) is 4.62. The van der Waals surface area contributed by atoms with Crippen LogP contribution in [0.4, 0.5) is 0 Å². The number of nitrogens with two attached hydrogens (primary N) is 2. The number of nitrogens with one attached hydrogen (secondary N) is 1. The summed E-state index contributed by atoms with van der Waals surface area (Å²) in [7, 11) is 1.79. The van der Waals surface area contributed by atoms with Crippen molar-refractivity contribution in [2.24, 2.45) is 17.5 Å². The molecule has 0 unspecified atom stereocenters. The molecule has 0 spiro atoms. The van der Waals surface area contributed by atoms with Crippen molar-refractivity contribution in [2.45, 2.75) is 13.8 Å². The van der Waals surface area contributed by atoms with Gasteiger partial charge in [-0.15, -0.1) is 0 Å². The van der Waals surface area contributed by atoms with E-state index in [0.717, 1.165) is 0 Å². The van der Waals surface area contributed by atoms with Crippen molar-refractivity contribution in [3.05, 3.63) is 11.9 Å². The molecule has 0 aromatic heterocycles. The third-order valence-corrected chi connectivity index (χ3v) is 1.69. The predicted molar refractivity (Wildman–Crippen MR) is 56.9 cm³/mol. The van der Waals surface area contributed by atoms with E-state index in [0.29, 0.717) is 12.2 Å². The molecule has 0 radical (unpaired) electrons. The Morgan fingerprint density at radius 2 is 2.14 bits per heavy atom. The van der Waals surface area contributed by atoms with Gasteiger partial charge in [-0.05, 0) is 7.05 Å². The van der Waals surface area contributed by atoms with Gasteiger partial charge in [-0.1, -0.05) is 13.8 Å². The number of Topliss-reactive ketones (excluding diaryl/α,β-unsaturated/α-hetero) is 1. The van der Waals surface area contributed by atoms with E-state index < -0.39 is 0 Å².